The van der Waals surface area contributed by atoms with Crippen molar-refractivity contribution in [2.45, 2.75) is 25.4 Å². The smallest absolute Gasteiger partial charge is 0.246 e. The van der Waals surface area contributed by atoms with Crippen molar-refractivity contribution in [2.24, 2.45) is 0 Å². The molecule has 0 amide bonds. The lowest BCUT2D eigenvalue weighted by atomic mass is 10.2. The van der Waals surface area contributed by atoms with Gasteiger partial charge in [0, 0.05) is 31.9 Å². The number of hydrogen-bond acceptors (Lipinski definition) is 5. The molecule has 1 saturated heterocycles. The van der Waals surface area contributed by atoms with E-state index in [2.05, 4.69) is 16.1 Å². The Morgan fingerprint density at radius 3 is 2.42 bits per heavy atom. The highest BCUT2D eigenvalue weighted by molar-refractivity contribution is 7.89. The van der Waals surface area contributed by atoms with Gasteiger partial charge in [0.2, 0.25) is 14.8 Å². The Balaban J connectivity index is 1.47. The van der Waals surface area contributed by atoms with Gasteiger partial charge < -0.3 is 0 Å². The first kappa shape index (κ1) is 21.8. The van der Waals surface area contributed by atoms with Crippen molar-refractivity contribution < 1.29 is 12.8 Å². The second-order valence-electron chi connectivity index (χ2n) is 7.60. The fourth-order valence-corrected chi connectivity index (χ4v) is 5.59. The lowest BCUT2D eigenvalue weighted by Crippen LogP contribution is -2.49. The fraction of sp³-hybridized carbons (Fsp3) is 0.333. The van der Waals surface area contributed by atoms with Crippen LogP contribution >= 0.6 is 12.2 Å². The van der Waals surface area contributed by atoms with Crippen molar-refractivity contribution >= 4 is 22.2 Å². The summed E-state index contributed by atoms with van der Waals surface area (Å²) >= 11 is 5.66. The van der Waals surface area contributed by atoms with Gasteiger partial charge in [-0.25, -0.2) is 17.5 Å². The number of aryl methyl sites for hydroxylation is 2. The van der Waals surface area contributed by atoms with Crippen LogP contribution in [0, 0.1) is 24.4 Å². The summed E-state index contributed by atoms with van der Waals surface area (Å²) in [6, 6.07) is 13.5. The van der Waals surface area contributed by atoms with Crippen molar-refractivity contribution in [3.05, 3.63) is 70.5 Å². The molecule has 3 aromatic rings. The zero-order valence-electron chi connectivity index (χ0n) is 17.4. The molecule has 31 heavy (non-hydrogen) atoms. The predicted octanol–water partition coefficient (Wildman–Crippen LogP) is 3.12. The average Bonchev–Trinajstić information content (AvgIpc) is 3.01. The van der Waals surface area contributed by atoms with Crippen LogP contribution < -0.4 is 0 Å². The highest BCUT2D eigenvalue weighted by atomic mass is 32.2. The van der Waals surface area contributed by atoms with Gasteiger partial charge in [0.05, 0.1) is 6.67 Å². The summed E-state index contributed by atoms with van der Waals surface area (Å²) in [5.74, 6) is 0.0600. The molecule has 0 bridgehead atoms. The van der Waals surface area contributed by atoms with E-state index in [0.29, 0.717) is 24.5 Å². The third kappa shape index (κ3) is 4.33. The van der Waals surface area contributed by atoms with Gasteiger partial charge in [-0.15, -0.1) is 0 Å². The molecule has 1 aromatic heterocycles. The molecule has 164 valence electrons. The summed E-state index contributed by atoms with van der Waals surface area (Å²) in [4.78, 5) is 1.81. The van der Waals surface area contributed by atoms with Gasteiger partial charge in [-0.1, -0.05) is 24.3 Å². The summed E-state index contributed by atoms with van der Waals surface area (Å²) in [5, 5.41) is 4.59. The molecular formula is C21H24FN5O2S2. The van der Waals surface area contributed by atoms with Crippen molar-refractivity contribution in [2.75, 3.05) is 26.2 Å². The molecule has 4 rings (SSSR count). The Morgan fingerprint density at radius 2 is 1.74 bits per heavy atom. The molecule has 0 aliphatic carbocycles. The third-order valence-electron chi connectivity index (χ3n) is 5.38. The molecule has 0 N–H and O–H groups in total. The minimum Gasteiger partial charge on any atom is -0.282 e. The van der Waals surface area contributed by atoms with Gasteiger partial charge >= 0.3 is 0 Å². The van der Waals surface area contributed by atoms with Gasteiger partial charge in [-0.3, -0.25) is 9.47 Å². The summed E-state index contributed by atoms with van der Waals surface area (Å²) in [5.41, 5.74) is 2.10. The van der Waals surface area contributed by atoms with Gasteiger partial charge in [-0.2, -0.15) is 9.40 Å². The molecule has 1 aliphatic heterocycles. The first-order valence-corrected chi connectivity index (χ1v) is 11.8. The van der Waals surface area contributed by atoms with Crippen LogP contribution in [0.5, 0.6) is 0 Å². The van der Waals surface area contributed by atoms with Crippen molar-refractivity contribution in [3.8, 4) is 5.69 Å². The number of piperazine rings is 1. The van der Waals surface area contributed by atoms with Crippen LogP contribution in [0.2, 0.25) is 0 Å². The van der Waals surface area contributed by atoms with Crippen LogP contribution in [-0.4, -0.2) is 58.1 Å². The van der Waals surface area contributed by atoms with Gasteiger partial charge in [-0.05, 0) is 55.9 Å². The molecule has 0 spiro atoms. The molecule has 2 heterocycles. The van der Waals surface area contributed by atoms with Crippen molar-refractivity contribution in [3.63, 3.8) is 0 Å². The second kappa shape index (κ2) is 8.62. The molecule has 7 nitrogen and oxygen atoms in total. The molecule has 2 aromatic carbocycles. The topological polar surface area (TPSA) is 63.4 Å². The van der Waals surface area contributed by atoms with Gasteiger partial charge in [0.25, 0.3) is 0 Å². The number of nitrogens with zero attached hydrogens (tertiary/aromatic N) is 5. The van der Waals surface area contributed by atoms with Crippen LogP contribution in [-0.2, 0) is 16.7 Å². The van der Waals surface area contributed by atoms with E-state index in [1.807, 2.05) is 36.6 Å². The van der Waals surface area contributed by atoms with E-state index >= 15 is 0 Å². The Labute approximate surface area is 186 Å². The van der Waals surface area contributed by atoms with Crippen LogP contribution in [0.25, 0.3) is 5.69 Å². The quantitative estimate of drug-likeness (QED) is 0.547. The third-order valence-corrected chi connectivity index (χ3v) is 7.71. The number of hydrogen-bond donors (Lipinski definition) is 0. The summed E-state index contributed by atoms with van der Waals surface area (Å²) in [6.45, 7) is 5.97. The Hall–Kier alpha value is -2.40. The van der Waals surface area contributed by atoms with E-state index in [4.69, 9.17) is 12.2 Å². The minimum absolute atomic E-state index is 0.279. The SMILES string of the molecule is Cc1cccc(-n2c(C)nn(CN3CCN(S(=O)(=O)c4ccccc4F)CC3)c2=S)c1. The first-order valence-electron chi connectivity index (χ1n) is 9.98. The van der Waals surface area contributed by atoms with E-state index in [1.54, 1.807) is 4.68 Å². The van der Waals surface area contributed by atoms with E-state index in [-0.39, 0.29) is 18.0 Å². The predicted molar refractivity (Wildman–Crippen MR) is 119 cm³/mol. The van der Waals surface area contributed by atoms with Crippen molar-refractivity contribution in [1.82, 2.24) is 23.6 Å². The fourth-order valence-electron chi connectivity index (χ4n) is 3.77. The largest absolute Gasteiger partial charge is 0.282 e. The zero-order chi connectivity index (χ0) is 22.2. The lowest BCUT2D eigenvalue weighted by Gasteiger charge is -2.33. The molecule has 0 unspecified atom stereocenters. The maximum absolute atomic E-state index is 14.0. The van der Waals surface area contributed by atoms with E-state index in [0.717, 1.165) is 23.1 Å². The molecule has 0 atom stereocenters. The molecule has 1 fully saturated rings. The molecular weight excluding hydrogens is 437 g/mol. The maximum Gasteiger partial charge on any atom is 0.246 e. The molecule has 10 heteroatoms. The van der Waals surface area contributed by atoms with Crippen molar-refractivity contribution in [1.29, 1.82) is 0 Å². The lowest BCUT2D eigenvalue weighted by molar-refractivity contribution is 0.144. The van der Waals surface area contributed by atoms with Crippen LogP contribution in [0.3, 0.4) is 0 Å². The number of halogens is 1. The normalized spacial score (nSPS) is 16.0. The Bertz CT molecular complexity index is 1260. The highest BCUT2D eigenvalue weighted by Crippen LogP contribution is 2.21. The van der Waals surface area contributed by atoms with E-state index in [9.17, 15) is 12.8 Å². The number of rotatable bonds is 5. The van der Waals surface area contributed by atoms with Crippen LogP contribution in [0.15, 0.2) is 53.4 Å². The first-order chi connectivity index (χ1) is 14.8. The number of aromatic nitrogens is 3. The summed E-state index contributed by atoms with van der Waals surface area (Å²) in [7, 11) is -3.86. The van der Waals surface area contributed by atoms with Crippen LogP contribution in [0.4, 0.5) is 4.39 Å². The molecule has 0 saturated carbocycles. The second-order valence-corrected chi connectivity index (χ2v) is 9.87. The summed E-state index contributed by atoms with van der Waals surface area (Å²) < 4.78 is 45.2. The monoisotopic (exact) mass is 461 g/mol. The molecule has 1 aliphatic rings. The van der Waals surface area contributed by atoms with E-state index < -0.39 is 15.8 Å². The van der Waals surface area contributed by atoms with Gasteiger partial charge in [0.1, 0.15) is 16.5 Å². The number of sulfonamides is 1. The Kier molecular flexibility index (Phi) is 6.07. The zero-order valence-corrected chi connectivity index (χ0v) is 19.0. The minimum atomic E-state index is -3.86. The summed E-state index contributed by atoms with van der Waals surface area (Å²) in [6.07, 6.45) is 0. The van der Waals surface area contributed by atoms with E-state index in [1.165, 1.54) is 22.5 Å². The average molecular weight is 462 g/mol. The number of benzene rings is 2. The molecule has 0 radical (unpaired) electrons. The highest BCUT2D eigenvalue weighted by Gasteiger charge is 2.30. The standard InChI is InChI=1S/C21H24FN5O2S2/c1-16-6-5-7-18(14-16)27-17(2)23-26(21(27)30)15-24-10-12-25(13-11-24)31(28,29)20-9-4-3-8-19(20)22/h3-9,14H,10-13,15H2,1-2H3. The Morgan fingerprint density at radius 1 is 1.03 bits per heavy atom. The maximum atomic E-state index is 14.0. The van der Waals surface area contributed by atoms with Crippen LogP contribution in [0.1, 0.15) is 11.4 Å². The van der Waals surface area contributed by atoms with Gasteiger partial charge in [0.15, 0.2) is 0 Å².